The lowest BCUT2D eigenvalue weighted by Crippen LogP contribution is -2.37. The highest BCUT2D eigenvalue weighted by Gasteiger charge is 2.08. The number of amides is 2. The second kappa shape index (κ2) is 6.28. The molecular weight excluding hydrogens is 172 g/mol. The highest BCUT2D eigenvalue weighted by atomic mass is 16.5. The van der Waals surface area contributed by atoms with E-state index in [1.165, 1.54) is 7.05 Å². The lowest BCUT2D eigenvalue weighted by Gasteiger charge is -2.10. The average molecular weight is 188 g/mol. The molecule has 2 amide bonds. The summed E-state index contributed by atoms with van der Waals surface area (Å²) in [5.41, 5.74) is 0. The van der Waals surface area contributed by atoms with Gasteiger partial charge in [0.25, 0.3) is 0 Å². The van der Waals surface area contributed by atoms with Crippen molar-refractivity contribution in [1.82, 2.24) is 10.6 Å². The SMILES string of the molecule is CCC(C)OC(=O)CNC(=O)NC. The lowest BCUT2D eigenvalue weighted by molar-refractivity contribution is -0.146. The third-order valence-corrected chi connectivity index (χ3v) is 1.53. The van der Waals surface area contributed by atoms with Gasteiger partial charge in [-0.15, -0.1) is 0 Å². The van der Waals surface area contributed by atoms with E-state index in [1.54, 1.807) is 6.92 Å². The van der Waals surface area contributed by atoms with E-state index in [-0.39, 0.29) is 18.7 Å². The fourth-order valence-corrected chi connectivity index (χ4v) is 0.590. The molecule has 1 unspecified atom stereocenters. The third kappa shape index (κ3) is 5.95. The Bertz CT molecular complexity index is 182. The van der Waals surface area contributed by atoms with E-state index in [0.717, 1.165) is 6.42 Å². The van der Waals surface area contributed by atoms with Crippen molar-refractivity contribution in [1.29, 1.82) is 0 Å². The Morgan fingerprint density at radius 3 is 2.54 bits per heavy atom. The molecule has 0 aromatic rings. The maximum absolute atomic E-state index is 11.0. The highest BCUT2D eigenvalue weighted by molar-refractivity contribution is 5.80. The van der Waals surface area contributed by atoms with Gasteiger partial charge in [-0.3, -0.25) is 4.79 Å². The summed E-state index contributed by atoms with van der Waals surface area (Å²) in [6.07, 6.45) is 0.671. The van der Waals surface area contributed by atoms with Gasteiger partial charge in [0.15, 0.2) is 0 Å². The van der Waals surface area contributed by atoms with Gasteiger partial charge in [-0.05, 0) is 13.3 Å². The van der Waals surface area contributed by atoms with Crippen LogP contribution in [0.4, 0.5) is 4.79 Å². The quantitative estimate of drug-likeness (QED) is 0.622. The van der Waals surface area contributed by atoms with Crippen molar-refractivity contribution < 1.29 is 14.3 Å². The molecule has 76 valence electrons. The number of hydrogen-bond donors (Lipinski definition) is 2. The van der Waals surface area contributed by atoms with Crippen molar-refractivity contribution in [2.45, 2.75) is 26.4 Å². The molecule has 0 aromatic heterocycles. The first-order valence-corrected chi connectivity index (χ1v) is 4.25. The molecule has 0 aliphatic rings. The van der Waals surface area contributed by atoms with Gasteiger partial charge < -0.3 is 15.4 Å². The summed E-state index contributed by atoms with van der Waals surface area (Å²) in [6, 6.07) is -0.388. The molecule has 0 aliphatic heterocycles. The molecule has 0 fully saturated rings. The molecule has 1 atom stereocenters. The van der Waals surface area contributed by atoms with E-state index in [9.17, 15) is 9.59 Å². The van der Waals surface area contributed by atoms with Gasteiger partial charge in [0.05, 0.1) is 6.10 Å². The molecule has 13 heavy (non-hydrogen) atoms. The number of rotatable bonds is 4. The minimum absolute atomic E-state index is 0.0932. The van der Waals surface area contributed by atoms with Crippen LogP contribution >= 0.6 is 0 Å². The Hall–Kier alpha value is -1.26. The topological polar surface area (TPSA) is 67.4 Å². The number of carbonyl (C=O) groups is 2. The van der Waals surface area contributed by atoms with E-state index >= 15 is 0 Å². The second-order valence-electron chi connectivity index (χ2n) is 2.64. The largest absolute Gasteiger partial charge is 0.461 e. The van der Waals surface area contributed by atoms with Gasteiger partial charge in [-0.25, -0.2) is 4.79 Å². The van der Waals surface area contributed by atoms with Crippen LogP contribution in [-0.4, -0.2) is 31.7 Å². The molecule has 0 heterocycles. The van der Waals surface area contributed by atoms with Crippen molar-refractivity contribution in [3.05, 3.63) is 0 Å². The van der Waals surface area contributed by atoms with Crippen LogP contribution < -0.4 is 10.6 Å². The predicted molar refractivity (Wildman–Crippen MR) is 48.3 cm³/mol. The summed E-state index contributed by atoms with van der Waals surface area (Å²) >= 11 is 0. The fourth-order valence-electron chi connectivity index (χ4n) is 0.590. The van der Waals surface area contributed by atoms with Crippen LogP contribution in [0.3, 0.4) is 0 Å². The van der Waals surface area contributed by atoms with Gasteiger partial charge in [-0.1, -0.05) is 6.92 Å². The summed E-state index contributed by atoms with van der Waals surface area (Å²) in [4.78, 5) is 21.6. The monoisotopic (exact) mass is 188 g/mol. The minimum Gasteiger partial charge on any atom is -0.461 e. The summed E-state index contributed by atoms with van der Waals surface area (Å²) in [5, 5.41) is 4.67. The first-order chi connectivity index (χ1) is 6.10. The van der Waals surface area contributed by atoms with E-state index in [2.05, 4.69) is 10.6 Å². The summed E-state index contributed by atoms with van der Waals surface area (Å²) in [6.45, 7) is 3.63. The third-order valence-electron chi connectivity index (χ3n) is 1.53. The molecule has 5 nitrogen and oxygen atoms in total. The molecule has 0 saturated carbocycles. The van der Waals surface area contributed by atoms with E-state index in [4.69, 9.17) is 4.74 Å². The van der Waals surface area contributed by atoms with E-state index < -0.39 is 5.97 Å². The molecule has 0 spiro atoms. The predicted octanol–water partition coefficient (Wildman–Crippen LogP) is 0.257. The first-order valence-electron chi connectivity index (χ1n) is 4.25. The lowest BCUT2D eigenvalue weighted by atomic mass is 10.3. The molecule has 0 aromatic carbocycles. The molecule has 5 heteroatoms. The van der Waals surface area contributed by atoms with Crippen LogP contribution in [0, 0.1) is 0 Å². The van der Waals surface area contributed by atoms with E-state index in [1.807, 2.05) is 6.92 Å². The number of ether oxygens (including phenoxy) is 1. The van der Waals surface area contributed by atoms with Crippen molar-refractivity contribution in [2.75, 3.05) is 13.6 Å². The Morgan fingerprint density at radius 2 is 2.08 bits per heavy atom. The van der Waals surface area contributed by atoms with Crippen LogP contribution in [0.25, 0.3) is 0 Å². The van der Waals surface area contributed by atoms with Gasteiger partial charge in [-0.2, -0.15) is 0 Å². The zero-order chi connectivity index (χ0) is 10.3. The number of nitrogens with one attached hydrogen (secondary N) is 2. The maximum atomic E-state index is 11.0. The van der Waals surface area contributed by atoms with Gasteiger partial charge in [0, 0.05) is 7.05 Å². The molecule has 0 aliphatic carbocycles. The Kier molecular flexibility index (Phi) is 5.67. The van der Waals surface area contributed by atoms with E-state index in [0.29, 0.717) is 0 Å². The number of hydrogen-bond acceptors (Lipinski definition) is 3. The molecule has 0 bridgehead atoms. The van der Waals surface area contributed by atoms with Crippen molar-refractivity contribution in [3.63, 3.8) is 0 Å². The number of carbonyl (C=O) groups excluding carboxylic acids is 2. The van der Waals surface area contributed by atoms with Crippen molar-refractivity contribution in [3.8, 4) is 0 Å². The first kappa shape index (κ1) is 11.7. The number of urea groups is 1. The van der Waals surface area contributed by atoms with Crippen LogP contribution in [0.1, 0.15) is 20.3 Å². The Morgan fingerprint density at radius 1 is 1.46 bits per heavy atom. The maximum Gasteiger partial charge on any atom is 0.325 e. The number of esters is 1. The summed E-state index contributed by atoms with van der Waals surface area (Å²) in [7, 11) is 1.48. The normalized spacial score (nSPS) is 11.6. The summed E-state index contributed by atoms with van der Waals surface area (Å²) < 4.78 is 4.91. The standard InChI is InChI=1S/C8H16N2O3/c1-4-6(2)13-7(11)5-10-8(12)9-3/h6H,4-5H2,1-3H3,(H2,9,10,12). The molecule has 0 saturated heterocycles. The minimum atomic E-state index is -0.419. The van der Waals surface area contributed by atoms with Gasteiger partial charge in [0.2, 0.25) is 0 Å². The zero-order valence-electron chi connectivity index (χ0n) is 8.22. The smallest absolute Gasteiger partial charge is 0.325 e. The van der Waals surface area contributed by atoms with Crippen LogP contribution in [0.2, 0.25) is 0 Å². The summed E-state index contributed by atoms with van der Waals surface area (Å²) in [5.74, 6) is -0.419. The Labute approximate surface area is 77.8 Å². The van der Waals surface area contributed by atoms with Crippen molar-refractivity contribution >= 4 is 12.0 Å². The fraction of sp³-hybridized carbons (Fsp3) is 0.750. The van der Waals surface area contributed by atoms with Crippen LogP contribution in [0.5, 0.6) is 0 Å². The molecule has 0 rings (SSSR count). The van der Waals surface area contributed by atoms with Crippen LogP contribution in [0.15, 0.2) is 0 Å². The highest BCUT2D eigenvalue weighted by Crippen LogP contribution is 1.95. The molecular formula is C8H16N2O3. The van der Waals surface area contributed by atoms with Crippen LogP contribution in [-0.2, 0) is 9.53 Å². The Balaban J connectivity index is 3.57. The second-order valence-corrected chi connectivity index (χ2v) is 2.64. The van der Waals surface area contributed by atoms with Gasteiger partial charge in [0.1, 0.15) is 6.54 Å². The molecule has 2 N–H and O–H groups in total. The van der Waals surface area contributed by atoms with Gasteiger partial charge >= 0.3 is 12.0 Å². The zero-order valence-corrected chi connectivity index (χ0v) is 8.22. The van der Waals surface area contributed by atoms with Crippen molar-refractivity contribution in [2.24, 2.45) is 0 Å². The molecule has 0 radical (unpaired) electrons. The average Bonchev–Trinajstić information content (AvgIpc) is 2.13.